The van der Waals surface area contributed by atoms with Crippen LogP contribution >= 0.6 is 27.3 Å². The van der Waals surface area contributed by atoms with Gasteiger partial charge in [-0.05, 0) is 59.8 Å². The fraction of sp³-hybridized carbons (Fsp3) is 0.0952. The number of fused-ring (bicyclic) bond motifs is 3. The third-order valence-electron chi connectivity index (χ3n) is 5.17. The van der Waals surface area contributed by atoms with Crippen LogP contribution < -0.4 is 10.2 Å². The van der Waals surface area contributed by atoms with Crippen molar-refractivity contribution in [2.75, 3.05) is 16.8 Å². The van der Waals surface area contributed by atoms with E-state index in [1.54, 1.807) is 11.3 Å². The Morgan fingerprint density at radius 1 is 1.10 bits per heavy atom. The number of hydrogen-bond donors (Lipinski definition) is 2. The molecular weight excluding hydrogens is 448 g/mol. The predicted molar refractivity (Wildman–Crippen MR) is 122 cm³/mol. The minimum Gasteiger partial charge on any atom is -0.339 e. The zero-order chi connectivity index (χ0) is 19.4. The molecule has 6 nitrogen and oxygen atoms in total. The lowest BCUT2D eigenvalue weighted by Crippen LogP contribution is -2.17. The van der Waals surface area contributed by atoms with Gasteiger partial charge in [0.2, 0.25) is 5.95 Å². The lowest BCUT2D eigenvalue weighted by molar-refractivity contribution is 0.950. The highest BCUT2D eigenvalue weighted by Gasteiger charge is 2.24. The second kappa shape index (κ2) is 6.53. The Bertz CT molecular complexity index is 1370. The number of anilines is 4. The molecule has 0 amide bonds. The van der Waals surface area contributed by atoms with E-state index in [1.807, 2.05) is 24.4 Å². The molecule has 4 heterocycles. The van der Waals surface area contributed by atoms with E-state index >= 15 is 0 Å². The van der Waals surface area contributed by atoms with Crippen LogP contribution in [0.3, 0.4) is 0 Å². The van der Waals surface area contributed by atoms with Crippen LogP contribution in [0.5, 0.6) is 0 Å². The summed E-state index contributed by atoms with van der Waals surface area (Å²) in [6.07, 6.45) is 2.81. The first kappa shape index (κ1) is 16.9. The molecule has 0 unspecified atom stereocenters. The SMILES string of the molecule is Brc1ccc2c(c1)CCN2c1nc(Nc2ccc3[nH]ncc3c2)c2sccc2n1. The molecular formula is C21H15BrN6S. The Morgan fingerprint density at radius 3 is 3.03 bits per heavy atom. The van der Waals surface area contributed by atoms with E-state index in [-0.39, 0.29) is 0 Å². The van der Waals surface area contributed by atoms with Gasteiger partial charge in [0.05, 0.1) is 21.9 Å². The zero-order valence-corrected chi connectivity index (χ0v) is 17.6. The highest BCUT2D eigenvalue weighted by Crippen LogP contribution is 2.37. The van der Waals surface area contributed by atoms with Gasteiger partial charge >= 0.3 is 0 Å². The Morgan fingerprint density at radius 2 is 2.07 bits per heavy atom. The van der Waals surface area contributed by atoms with Crippen LogP contribution in [0.25, 0.3) is 21.1 Å². The summed E-state index contributed by atoms with van der Waals surface area (Å²) in [4.78, 5) is 12.0. The number of rotatable bonds is 3. The molecule has 0 bridgehead atoms. The van der Waals surface area contributed by atoms with Gasteiger partial charge in [-0.15, -0.1) is 11.3 Å². The molecule has 8 heteroatoms. The molecule has 2 N–H and O–H groups in total. The molecule has 1 aliphatic rings. The Labute approximate surface area is 178 Å². The first-order chi connectivity index (χ1) is 14.2. The lowest BCUT2D eigenvalue weighted by atomic mass is 10.2. The second-order valence-corrected chi connectivity index (χ2v) is 8.81. The van der Waals surface area contributed by atoms with E-state index in [0.29, 0.717) is 0 Å². The average Bonchev–Trinajstić information content (AvgIpc) is 3.46. The molecule has 5 aromatic rings. The molecule has 0 radical (unpaired) electrons. The number of thiophene rings is 1. The summed E-state index contributed by atoms with van der Waals surface area (Å²) < 4.78 is 2.15. The maximum atomic E-state index is 4.92. The van der Waals surface area contributed by atoms with Crippen molar-refractivity contribution in [3.05, 3.63) is 64.1 Å². The molecule has 0 atom stereocenters. The van der Waals surface area contributed by atoms with Crippen LogP contribution in [0.4, 0.5) is 23.1 Å². The monoisotopic (exact) mass is 462 g/mol. The normalized spacial score (nSPS) is 13.3. The van der Waals surface area contributed by atoms with Gasteiger partial charge in [0.15, 0.2) is 5.82 Å². The van der Waals surface area contributed by atoms with Gasteiger partial charge in [0.25, 0.3) is 0 Å². The van der Waals surface area contributed by atoms with Crippen molar-refractivity contribution < 1.29 is 0 Å². The maximum Gasteiger partial charge on any atom is 0.232 e. The van der Waals surface area contributed by atoms with Crippen molar-refractivity contribution in [2.24, 2.45) is 0 Å². The van der Waals surface area contributed by atoms with E-state index in [0.717, 1.165) is 56.0 Å². The molecule has 0 fully saturated rings. The third kappa shape index (κ3) is 2.87. The van der Waals surface area contributed by atoms with E-state index in [4.69, 9.17) is 9.97 Å². The Kier molecular flexibility index (Phi) is 3.82. The number of halogens is 1. The fourth-order valence-corrected chi connectivity index (χ4v) is 4.98. The summed E-state index contributed by atoms with van der Waals surface area (Å²) in [5.74, 6) is 1.55. The fourth-order valence-electron chi connectivity index (χ4n) is 3.79. The van der Waals surface area contributed by atoms with Crippen molar-refractivity contribution >= 4 is 71.5 Å². The number of nitrogens with zero attached hydrogens (tertiary/aromatic N) is 4. The topological polar surface area (TPSA) is 69.7 Å². The van der Waals surface area contributed by atoms with Crippen molar-refractivity contribution in [1.29, 1.82) is 0 Å². The molecule has 6 rings (SSSR count). The standard InChI is InChI=1S/C21H15BrN6S/c22-14-1-4-18-12(9-14)5-7-28(18)21-25-17-6-8-29-19(17)20(26-21)24-15-2-3-16-13(10-15)11-23-27-16/h1-4,6,8-11H,5,7H2,(H,23,27)(H,24,25,26). The van der Waals surface area contributed by atoms with Crippen LogP contribution in [-0.2, 0) is 6.42 Å². The van der Waals surface area contributed by atoms with E-state index < -0.39 is 0 Å². The molecule has 0 saturated heterocycles. The number of nitrogens with one attached hydrogen (secondary N) is 2. The Balaban J connectivity index is 1.44. The summed E-state index contributed by atoms with van der Waals surface area (Å²) in [6.45, 7) is 0.877. The van der Waals surface area contributed by atoms with Gasteiger partial charge in [0.1, 0.15) is 0 Å². The highest BCUT2D eigenvalue weighted by atomic mass is 79.9. The van der Waals surface area contributed by atoms with E-state index in [9.17, 15) is 0 Å². The highest BCUT2D eigenvalue weighted by molar-refractivity contribution is 9.10. The quantitative estimate of drug-likeness (QED) is 0.356. The molecule has 3 aromatic heterocycles. The first-order valence-corrected chi connectivity index (χ1v) is 10.9. The number of benzene rings is 2. The van der Waals surface area contributed by atoms with Crippen molar-refractivity contribution in [3.8, 4) is 0 Å². The summed E-state index contributed by atoms with van der Waals surface area (Å²) in [6, 6.07) is 14.6. The van der Waals surface area contributed by atoms with Gasteiger partial charge in [-0.1, -0.05) is 15.9 Å². The van der Waals surface area contributed by atoms with Crippen molar-refractivity contribution in [1.82, 2.24) is 20.2 Å². The van der Waals surface area contributed by atoms with Gasteiger partial charge in [-0.2, -0.15) is 10.1 Å². The molecule has 142 valence electrons. The smallest absolute Gasteiger partial charge is 0.232 e. The molecule has 0 spiro atoms. The molecule has 0 saturated carbocycles. The summed E-state index contributed by atoms with van der Waals surface area (Å²) >= 11 is 5.21. The summed E-state index contributed by atoms with van der Waals surface area (Å²) in [5.41, 5.74) is 5.43. The Hall–Kier alpha value is -2.97. The third-order valence-corrected chi connectivity index (χ3v) is 6.58. The number of H-pyrrole nitrogens is 1. The van der Waals surface area contributed by atoms with Gasteiger partial charge in [0, 0.05) is 27.8 Å². The molecule has 29 heavy (non-hydrogen) atoms. The summed E-state index contributed by atoms with van der Waals surface area (Å²) in [7, 11) is 0. The molecule has 1 aliphatic heterocycles. The zero-order valence-electron chi connectivity index (χ0n) is 15.2. The minimum atomic E-state index is 0.726. The van der Waals surface area contributed by atoms with Crippen molar-refractivity contribution in [2.45, 2.75) is 6.42 Å². The van der Waals surface area contributed by atoms with Gasteiger partial charge in [-0.3, -0.25) is 5.10 Å². The number of aromatic nitrogens is 4. The van der Waals surface area contributed by atoms with Crippen LogP contribution in [0.2, 0.25) is 0 Å². The molecule has 0 aliphatic carbocycles. The largest absolute Gasteiger partial charge is 0.339 e. The van der Waals surface area contributed by atoms with Gasteiger partial charge < -0.3 is 10.2 Å². The number of hydrogen-bond acceptors (Lipinski definition) is 6. The molecule has 2 aromatic carbocycles. The summed E-state index contributed by atoms with van der Waals surface area (Å²) in [5, 5.41) is 13.7. The van der Waals surface area contributed by atoms with Crippen LogP contribution in [0.15, 0.2) is 58.5 Å². The van der Waals surface area contributed by atoms with Gasteiger partial charge in [-0.25, -0.2) is 4.98 Å². The van der Waals surface area contributed by atoms with Crippen LogP contribution in [0.1, 0.15) is 5.56 Å². The predicted octanol–water partition coefficient (Wildman–Crippen LogP) is 5.77. The minimum absolute atomic E-state index is 0.726. The number of aromatic amines is 1. The second-order valence-electron chi connectivity index (χ2n) is 6.98. The van der Waals surface area contributed by atoms with E-state index in [2.05, 4.69) is 66.0 Å². The van der Waals surface area contributed by atoms with Crippen LogP contribution in [-0.4, -0.2) is 26.7 Å². The lowest BCUT2D eigenvalue weighted by Gasteiger charge is -2.18. The first-order valence-electron chi connectivity index (χ1n) is 9.26. The van der Waals surface area contributed by atoms with Crippen molar-refractivity contribution in [3.63, 3.8) is 0 Å². The van der Waals surface area contributed by atoms with Crippen LogP contribution in [0, 0.1) is 0 Å². The van der Waals surface area contributed by atoms with E-state index in [1.165, 1.54) is 11.3 Å². The average molecular weight is 463 g/mol. The maximum absolute atomic E-state index is 4.92.